The fourth-order valence-corrected chi connectivity index (χ4v) is 3.98. The zero-order valence-corrected chi connectivity index (χ0v) is 19.0. The molecule has 164 valence electrons. The average molecular weight is 448 g/mol. The monoisotopic (exact) mass is 447 g/mol. The lowest BCUT2D eigenvalue weighted by Gasteiger charge is -2.13. The van der Waals surface area contributed by atoms with Gasteiger partial charge in [-0.3, -0.25) is 4.79 Å². The number of aromatic nitrogens is 2. The summed E-state index contributed by atoms with van der Waals surface area (Å²) >= 11 is 5.99. The highest BCUT2D eigenvalue weighted by Crippen LogP contribution is 2.20. The van der Waals surface area contributed by atoms with Crippen LogP contribution in [0.3, 0.4) is 0 Å². The van der Waals surface area contributed by atoms with Crippen molar-refractivity contribution in [2.75, 3.05) is 13.2 Å². The second-order valence-electron chi connectivity index (χ2n) is 7.80. The van der Waals surface area contributed by atoms with Crippen LogP contribution < -0.4 is 10.1 Å². The van der Waals surface area contributed by atoms with Crippen molar-refractivity contribution in [1.29, 1.82) is 0 Å². The summed E-state index contributed by atoms with van der Waals surface area (Å²) in [4.78, 5) is 17.2. The van der Waals surface area contributed by atoms with Gasteiger partial charge in [0.15, 0.2) is 0 Å². The highest BCUT2D eigenvalue weighted by atomic mass is 35.5. The minimum atomic E-state index is -0.145. The Morgan fingerprint density at radius 2 is 1.91 bits per heavy atom. The number of carbonyl (C=O) groups is 1. The maximum Gasteiger partial charge on any atom is 0.251 e. The summed E-state index contributed by atoms with van der Waals surface area (Å²) in [5, 5.41) is 3.50. The molecule has 1 N–H and O–H groups in total. The first-order valence-electron chi connectivity index (χ1n) is 10.7. The maximum absolute atomic E-state index is 12.4. The lowest BCUT2D eigenvalue weighted by atomic mass is 10.1. The fourth-order valence-electron chi connectivity index (χ4n) is 3.79. The predicted octanol–water partition coefficient (Wildman–Crippen LogP) is 5.36. The van der Waals surface area contributed by atoms with Crippen molar-refractivity contribution in [3.63, 3.8) is 0 Å². The molecule has 4 aromatic rings. The van der Waals surface area contributed by atoms with Gasteiger partial charge in [-0.05, 0) is 55.8 Å². The highest BCUT2D eigenvalue weighted by Gasteiger charge is 2.12. The van der Waals surface area contributed by atoms with Crippen LogP contribution in [0.4, 0.5) is 0 Å². The van der Waals surface area contributed by atoms with E-state index in [0.29, 0.717) is 36.7 Å². The molecule has 3 aromatic carbocycles. The molecule has 5 nitrogen and oxygen atoms in total. The Morgan fingerprint density at radius 1 is 1.06 bits per heavy atom. The van der Waals surface area contributed by atoms with Crippen LogP contribution in [0.1, 0.15) is 27.3 Å². The van der Waals surface area contributed by atoms with Crippen molar-refractivity contribution in [2.24, 2.45) is 0 Å². The Hall–Kier alpha value is -3.31. The number of fused-ring (bicyclic) bond motifs is 1. The van der Waals surface area contributed by atoms with E-state index in [-0.39, 0.29) is 5.91 Å². The van der Waals surface area contributed by atoms with Crippen molar-refractivity contribution in [2.45, 2.75) is 26.8 Å². The van der Waals surface area contributed by atoms with E-state index in [0.717, 1.165) is 28.2 Å². The van der Waals surface area contributed by atoms with E-state index < -0.39 is 0 Å². The summed E-state index contributed by atoms with van der Waals surface area (Å²) in [5.41, 5.74) is 4.90. The van der Waals surface area contributed by atoms with Crippen molar-refractivity contribution in [1.82, 2.24) is 14.9 Å². The number of nitrogens with one attached hydrogen (secondary N) is 1. The molecule has 0 fully saturated rings. The second kappa shape index (κ2) is 9.88. The molecule has 0 aliphatic carbocycles. The molecule has 1 aromatic heterocycles. The van der Waals surface area contributed by atoms with Gasteiger partial charge in [-0.25, -0.2) is 4.98 Å². The summed E-state index contributed by atoms with van der Waals surface area (Å²) in [5.74, 6) is 1.67. The number of hydrogen-bond acceptors (Lipinski definition) is 3. The van der Waals surface area contributed by atoms with Gasteiger partial charge >= 0.3 is 0 Å². The van der Waals surface area contributed by atoms with Crippen LogP contribution in [0.25, 0.3) is 11.0 Å². The number of halogens is 1. The lowest BCUT2D eigenvalue weighted by Crippen LogP contribution is -2.26. The molecular weight excluding hydrogens is 422 g/mol. The molecule has 0 bridgehead atoms. The summed E-state index contributed by atoms with van der Waals surface area (Å²) in [6.45, 7) is 5.82. The second-order valence-corrected chi connectivity index (χ2v) is 8.24. The van der Waals surface area contributed by atoms with Crippen LogP contribution >= 0.6 is 11.6 Å². The third kappa shape index (κ3) is 5.11. The number of benzene rings is 3. The zero-order valence-electron chi connectivity index (χ0n) is 18.3. The van der Waals surface area contributed by atoms with Crippen LogP contribution in [0.5, 0.6) is 5.75 Å². The van der Waals surface area contributed by atoms with Crippen LogP contribution in [-0.4, -0.2) is 28.6 Å². The number of ether oxygens (including phenoxy) is 1. The first-order valence-corrected chi connectivity index (χ1v) is 11.1. The predicted molar refractivity (Wildman–Crippen MR) is 129 cm³/mol. The van der Waals surface area contributed by atoms with Crippen molar-refractivity contribution >= 4 is 28.5 Å². The van der Waals surface area contributed by atoms with Crippen LogP contribution in [0, 0.1) is 13.8 Å². The van der Waals surface area contributed by atoms with Crippen molar-refractivity contribution < 1.29 is 9.53 Å². The van der Waals surface area contributed by atoms with Gasteiger partial charge in [-0.2, -0.15) is 0 Å². The standard InChI is InChI=1S/C26H26ClN3O2/c1-18-10-11-24(19(2)16-18)32-15-14-30-23-9-4-3-8-22(23)29-25(30)12-13-28-26(31)20-6-5-7-21(27)17-20/h3-11,16-17H,12-15H2,1-2H3,(H,28,31). The topological polar surface area (TPSA) is 56.1 Å². The molecule has 0 aliphatic rings. The molecular formula is C26H26ClN3O2. The third-order valence-corrected chi connectivity index (χ3v) is 5.59. The molecule has 6 heteroatoms. The molecule has 32 heavy (non-hydrogen) atoms. The van der Waals surface area contributed by atoms with E-state index in [1.54, 1.807) is 24.3 Å². The Morgan fingerprint density at radius 3 is 2.72 bits per heavy atom. The number of amides is 1. The summed E-state index contributed by atoms with van der Waals surface area (Å²) < 4.78 is 8.22. The normalized spacial score (nSPS) is 11.0. The lowest BCUT2D eigenvalue weighted by molar-refractivity contribution is 0.0954. The first kappa shape index (κ1) is 21.9. The number of para-hydroxylation sites is 2. The minimum Gasteiger partial charge on any atom is -0.491 e. The molecule has 0 spiro atoms. The largest absolute Gasteiger partial charge is 0.491 e. The van der Waals surface area contributed by atoms with Crippen molar-refractivity contribution in [3.05, 3.63) is 94.3 Å². The summed E-state index contributed by atoms with van der Waals surface area (Å²) in [6.07, 6.45) is 0.616. The number of rotatable bonds is 8. The van der Waals surface area contributed by atoms with Gasteiger partial charge < -0.3 is 14.6 Å². The summed E-state index contributed by atoms with van der Waals surface area (Å²) in [6, 6.07) is 21.2. The van der Waals surface area contributed by atoms with Gasteiger partial charge in [0.1, 0.15) is 18.2 Å². The van der Waals surface area contributed by atoms with Crippen LogP contribution in [0.15, 0.2) is 66.7 Å². The molecule has 0 unspecified atom stereocenters. The number of hydrogen-bond donors (Lipinski definition) is 1. The quantitative estimate of drug-likeness (QED) is 0.395. The van der Waals surface area contributed by atoms with Crippen molar-refractivity contribution in [3.8, 4) is 5.75 Å². The zero-order chi connectivity index (χ0) is 22.5. The van der Waals surface area contributed by atoms with E-state index in [1.165, 1.54) is 5.56 Å². The molecule has 0 radical (unpaired) electrons. The maximum atomic E-state index is 12.4. The Balaban J connectivity index is 1.43. The number of nitrogens with zero attached hydrogens (tertiary/aromatic N) is 2. The van der Waals surface area contributed by atoms with E-state index in [2.05, 4.69) is 41.9 Å². The smallest absolute Gasteiger partial charge is 0.251 e. The Bertz CT molecular complexity index is 1250. The number of aryl methyl sites for hydroxylation is 2. The SMILES string of the molecule is Cc1ccc(OCCn2c(CCNC(=O)c3cccc(Cl)c3)nc3ccccc32)c(C)c1. The van der Waals surface area contributed by atoms with Gasteiger partial charge in [0, 0.05) is 23.6 Å². The van der Waals surface area contributed by atoms with Gasteiger partial charge in [-0.15, -0.1) is 0 Å². The van der Waals surface area contributed by atoms with Gasteiger partial charge in [-0.1, -0.05) is 47.5 Å². The van der Waals surface area contributed by atoms with Gasteiger partial charge in [0.2, 0.25) is 0 Å². The molecule has 4 rings (SSSR count). The van der Waals surface area contributed by atoms with E-state index in [9.17, 15) is 4.79 Å². The minimum absolute atomic E-state index is 0.145. The van der Waals surface area contributed by atoms with Gasteiger partial charge in [0.25, 0.3) is 5.91 Å². The number of imidazole rings is 1. The number of carbonyl (C=O) groups excluding carboxylic acids is 1. The Kier molecular flexibility index (Phi) is 6.76. The van der Waals surface area contributed by atoms with E-state index >= 15 is 0 Å². The van der Waals surface area contributed by atoms with E-state index in [1.807, 2.05) is 24.3 Å². The van der Waals surface area contributed by atoms with Crippen LogP contribution in [-0.2, 0) is 13.0 Å². The Labute approximate surface area is 193 Å². The van der Waals surface area contributed by atoms with Crippen LogP contribution in [0.2, 0.25) is 5.02 Å². The van der Waals surface area contributed by atoms with Gasteiger partial charge in [0.05, 0.1) is 17.6 Å². The van der Waals surface area contributed by atoms with E-state index in [4.69, 9.17) is 21.3 Å². The fraction of sp³-hybridized carbons (Fsp3) is 0.231. The highest BCUT2D eigenvalue weighted by molar-refractivity contribution is 6.30. The molecule has 0 saturated carbocycles. The molecule has 0 saturated heterocycles. The average Bonchev–Trinajstić information content (AvgIpc) is 3.12. The summed E-state index contributed by atoms with van der Waals surface area (Å²) in [7, 11) is 0. The molecule has 1 amide bonds. The molecule has 1 heterocycles. The third-order valence-electron chi connectivity index (χ3n) is 5.36. The first-order chi connectivity index (χ1) is 15.5. The molecule has 0 aliphatic heterocycles. The molecule has 0 atom stereocenters.